The van der Waals surface area contributed by atoms with Gasteiger partial charge in [0, 0.05) is 29.2 Å². The summed E-state index contributed by atoms with van der Waals surface area (Å²) >= 11 is 0. The molecule has 0 saturated carbocycles. The minimum absolute atomic E-state index is 0.00133. The van der Waals surface area contributed by atoms with E-state index in [1.165, 1.54) is 19.1 Å². The molecule has 42 heavy (non-hydrogen) atoms. The summed E-state index contributed by atoms with van der Waals surface area (Å²) in [6, 6.07) is 15.9. The highest BCUT2D eigenvalue weighted by Crippen LogP contribution is 2.37. The molecule has 0 unspecified atom stereocenters. The van der Waals surface area contributed by atoms with Crippen molar-refractivity contribution in [2.45, 2.75) is 45.8 Å². The van der Waals surface area contributed by atoms with Crippen LogP contribution < -0.4 is 14.2 Å². The van der Waals surface area contributed by atoms with Crippen LogP contribution >= 0.6 is 0 Å². The normalized spacial score (nSPS) is 16.2. The van der Waals surface area contributed by atoms with Crippen molar-refractivity contribution in [2.75, 3.05) is 28.0 Å². The maximum Gasteiger partial charge on any atom is 0.294 e. The number of ketones is 1. The Kier molecular flexibility index (Phi) is 9.50. The van der Waals surface area contributed by atoms with E-state index < -0.39 is 18.0 Å². The lowest BCUT2D eigenvalue weighted by Gasteiger charge is -2.34. The third-order valence-electron chi connectivity index (χ3n) is 7.08. The topological polar surface area (TPSA) is 69.6 Å². The number of benzene rings is 3. The number of ether oxygens (including phenoxy) is 4. The molecule has 1 heterocycles. The van der Waals surface area contributed by atoms with Crippen LogP contribution in [0.15, 0.2) is 71.4 Å². The van der Waals surface area contributed by atoms with Gasteiger partial charge >= 0.3 is 0 Å². The molecule has 3 aromatic carbocycles. The number of allylic oxidation sites excluding steroid dienone is 1. The SMILES string of the molecule is COc1ccc(CN(Cc2ccc(C)cc2OC)C2=N[C@](C)(c3cc(CC(C)=O)ccc3F)C=C(CF)O2)c(OC)c1. The molecule has 0 amide bonds. The Morgan fingerprint density at radius 2 is 1.62 bits per heavy atom. The van der Waals surface area contributed by atoms with Gasteiger partial charge in [-0.1, -0.05) is 18.2 Å². The molecule has 1 aliphatic rings. The number of Topliss-reactive ketones (excluding diaryl/α,β-unsaturated/α-hetero) is 1. The lowest BCUT2D eigenvalue weighted by atomic mass is 9.89. The number of methoxy groups -OCH3 is 3. The molecular formula is C33H36F2N2O5. The zero-order chi connectivity index (χ0) is 30.4. The number of nitrogens with zero attached hydrogens (tertiary/aromatic N) is 2. The van der Waals surface area contributed by atoms with Crippen molar-refractivity contribution >= 4 is 11.8 Å². The fourth-order valence-corrected chi connectivity index (χ4v) is 4.98. The monoisotopic (exact) mass is 578 g/mol. The summed E-state index contributed by atoms with van der Waals surface area (Å²) in [6.07, 6.45) is 1.62. The number of amidine groups is 1. The summed E-state index contributed by atoms with van der Waals surface area (Å²) in [4.78, 5) is 18.5. The van der Waals surface area contributed by atoms with E-state index in [1.54, 1.807) is 46.5 Å². The maximum absolute atomic E-state index is 15.3. The molecule has 1 atom stereocenters. The van der Waals surface area contributed by atoms with E-state index in [9.17, 15) is 9.18 Å². The lowest BCUT2D eigenvalue weighted by molar-refractivity contribution is -0.116. The molecule has 0 aromatic heterocycles. The molecule has 0 radical (unpaired) electrons. The van der Waals surface area contributed by atoms with E-state index in [0.29, 0.717) is 22.8 Å². The van der Waals surface area contributed by atoms with Gasteiger partial charge in [0.25, 0.3) is 6.02 Å². The van der Waals surface area contributed by atoms with Crippen molar-refractivity contribution in [3.8, 4) is 17.2 Å². The first-order valence-electron chi connectivity index (χ1n) is 13.5. The summed E-state index contributed by atoms with van der Waals surface area (Å²) in [6.45, 7) is 4.75. The Hall–Kier alpha value is -4.40. The van der Waals surface area contributed by atoms with Crippen LogP contribution in [0.4, 0.5) is 8.78 Å². The van der Waals surface area contributed by atoms with Gasteiger partial charge in [-0.25, -0.2) is 13.8 Å². The van der Waals surface area contributed by atoms with Crippen LogP contribution in [-0.2, 0) is 34.6 Å². The third kappa shape index (κ3) is 6.90. The third-order valence-corrected chi connectivity index (χ3v) is 7.08. The van der Waals surface area contributed by atoms with E-state index >= 15 is 4.39 Å². The van der Waals surface area contributed by atoms with E-state index in [0.717, 1.165) is 16.7 Å². The Labute approximate surface area is 245 Å². The lowest BCUT2D eigenvalue weighted by Crippen LogP contribution is -2.38. The molecule has 0 bridgehead atoms. The van der Waals surface area contributed by atoms with Gasteiger partial charge in [-0.3, -0.25) is 4.79 Å². The van der Waals surface area contributed by atoms with Crippen molar-refractivity contribution < 1.29 is 32.5 Å². The van der Waals surface area contributed by atoms with Crippen molar-refractivity contribution in [3.05, 3.63) is 100 Å². The summed E-state index contributed by atoms with van der Waals surface area (Å²) in [5, 5.41) is 0. The van der Waals surface area contributed by atoms with Gasteiger partial charge in [-0.15, -0.1) is 0 Å². The summed E-state index contributed by atoms with van der Waals surface area (Å²) in [7, 11) is 4.74. The number of aliphatic imine (C=N–C) groups is 1. The average molecular weight is 579 g/mol. The number of carbonyl (C=O) groups excluding carboxylic acids is 1. The Bertz CT molecular complexity index is 1520. The molecule has 4 rings (SSSR count). The van der Waals surface area contributed by atoms with Gasteiger partial charge < -0.3 is 23.8 Å². The van der Waals surface area contributed by atoms with Gasteiger partial charge in [-0.05, 0) is 68.3 Å². The number of carbonyl (C=O) groups is 1. The maximum atomic E-state index is 15.3. The average Bonchev–Trinajstić information content (AvgIpc) is 2.97. The number of aryl methyl sites for hydroxylation is 1. The second kappa shape index (κ2) is 13.1. The second-order valence-corrected chi connectivity index (χ2v) is 10.4. The number of hydrogen-bond donors (Lipinski definition) is 0. The molecule has 0 aliphatic carbocycles. The van der Waals surface area contributed by atoms with E-state index in [4.69, 9.17) is 23.9 Å². The van der Waals surface area contributed by atoms with E-state index in [-0.39, 0.29) is 42.6 Å². The Balaban J connectivity index is 1.84. The van der Waals surface area contributed by atoms with Gasteiger partial charge in [0.2, 0.25) is 0 Å². The molecule has 1 aliphatic heterocycles. The van der Waals surface area contributed by atoms with Crippen molar-refractivity contribution in [1.82, 2.24) is 4.90 Å². The predicted molar refractivity (Wildman–Crippen MR) is 157 cm³/mol. The zero-order valence-corrected chi connectivity index (χ0v) is 24.8. The highest BCUT2D eigenvalue weighted by Gasteiger charge is 2.35. The predicted octanol–water partition coefficient (Wildman–Crippen LogP) is 6.45. The van der Waals surface area contributed by atoms with Crippen LogP contribution in [0.1, 0.15) is 41.7 Å². The van der Waals surface area contributed by atoms with Crippen molar-refractivity contribution in [2.24, 2.45) is 4.99 Å². The first kappa shape index (κ1) is 30.6. The van der Waals surface area contributed by atoms with Gasteiger partial charge in [0.05, 0.1) is 34.4 Å². The molecule has 9 heteroatoms. The Morgan fingerprint density at radius 1 is 0.952 bits per heavy atom. The van der Waals surface area contributed by atoms with E-state index in [1.807, 2.05) is 42.2 Å². The second-order valence-electron chi connectivity index (χ2n) is 10.4. The number of hydrogen-bond acceptors (Lipinski definition) is 7. The minimum Gasteiger partial charge on any atom is -0.497 e. The van der Waals surface area contributed by atoms with Crippen LogP contribution in [0.3, 0.4) is 0 Å². The first-order chi connectivity index (χ1) is 20.1. The Morgan fingerprint density at radius 3 is 2.24 bits per heavy atom. The standard InChI is InChI=1S/C33H36F2N2O5/c1-21-7-9-24(30(13-21)40-5)19-37(20-25-10-11-26(39-4)16-31(25)41-6)32-36-33(3,17-27(18-34)42-32)28-15-23(14-22(2)38)8-12-29(28)35/h7-13,15-17H,14,18-20H2,1-6H3/t33-/m0/s1. The highest BCUT2D eigenvalue weighted by atomic mass is 19.1. The van der Waals surface area contributed by atoms with Crippen LogP contribution in [0.5, 0.6) is 17.2 Å². The summed E-state index contributed by atoms with van der Waals surface area (Å²) in [5.74, 6) is 1.31. The molecule has 0 fully saturated rings. The van der Waals surface area contributed by atoms with E-state index in [2.05, 4.69) is 0 Å². The number of rotatable bonds is 11. The summed E-state index contributed by atoms with van der Waals surface area (Å²) in [5.41, 5.74) is 2.20. The minimum atomic E-state index is -1.31. The molecule has 0 N–H and O–H groups in total. The number of alkyl halides is 1. The largest absolute Gasteiger partial charge is 0.497 e. The molecular weight excluding hydrogens is 542 g/mol. The van der Waals surface area contributed by atoms with Crippen molar-refractivity contribution in [3.63, 3.8) is 0 Å². The summed E-state index contributed by atoms with van der Waals surface area (Å²) < 4.78 is 52.2. The first-order valence-corrected chi connectivity index (χ1v) is 13.5. The molecule has 0 saturated heterocycles. The van der Waals surface area contributed by atoms with Crippen LogP contribution in [0.2, 0.25) is 0 Å². The molecule has 0 spiro atoms. The molecule has 3 aromatic rings. The molecule has 7 nitrogen and oxygen atoms in total. The van der Waals surface area contributed by atoms with Gasteiger partial charge in [0.15, 0.2) is 0 Å². The van der Waals surface area contributed by atoms with Crippen LogP contribution in [-0.4, -0.2) is 44.7 Å². The van der Waals surface area contributed by atoms with Gasteiger partial charge in [0.1, 0.15) is 46.8 Å². The van der Waals surface area contributed by atoms with Gasteiger partial charge in [-0.2, -0.15) is 0 Å². The van der Waals surface area contributed by atoms with Crippen LogP contribution in [0.25, 0.3) is 0 Å². The van der Waals surface area contributed by atoms with Crippen molar-refractivity contribution in [1.29, 1.82) is 0 Å². The highest BCUT2D eigenvalue weighted by molar-refractivity contribution is 5.79. The fourth-order valence-electron chi connectivity index (χ4n) is 4.98. The smallest absolute Gasteiger partial charge is 0.294 e. The zero-order valence-electron chi connectivity index (χ0n) is 24.8. The molecule has 222 valence electrons. The van der Waals surface area contributed by atoms with Crippen LogP contribution in [0, 0.1) is 12.7 Å². The number of halogens is 2. The fraction of sp³-hybridized carbons (Fsp3) is 0.333. The quantitative estimate of drug-likeness (QED) is 0.261.